The first-order chi connectivity index (χ1) is 17.2. The Balaban J connectivity index is 1.75. The summed E-state index contributed by atoms with van der Waals surface area (Å²) in [6.45, 7) is 8.90. The fraction of sp³-hybridized carbons (Fsp3) is 0.727. The number of H-pyrrole nitrogens is 1. The number of nitrogens with zero attached hydrogens (tertiary/aromatic N) is 1. The first-order valence-corrected chi connectivity index (χ1v) is 13.0. The van der Waals surface area contributed by atoms with E-state index < -0.39 is 85.1 Å². The van der Waals surface area contributed by atoms with Crippen LogP contribution in [-0.4, -0.2) is 68.7 Å². The smallest absolute Gasteiger partial charge is 0.437 e. The normalized spacial score (nSPS) is 29.0. The maximum Gasteiger partial charge on any atom is 0.481 e. The maximum atomic E-state index is 13.4. The van der Waals surface area contributed by atoms with Gasteiger partial charge in [0, 0.05) is 12.3 Å². The predicted octanol–water partition coefficient (Wildman–Crippen LogP) is 0.550. The first-order valence-electron chi connectivity index (χ1n) is 11.6. The molecule has 214 valence electrons. The summed E-state index contributed by atoms with van der Waals surface area (Å²) in [7, 11) is -4.71. The predicted molar refractivity (Wildman–Crippen MR) is 126 cm³/mol. The molecule has 15 nitrogen and oxygen atoms in total. The highest BCUT2D eigenvalue weighted by Gasteiger charge is 2.84. The summed E-state index contributed by atoms with van der Waals surface area (Å²) in [5.74, 6) is -1.38. The summed E-state index contributed by atoms with van der Waals surface area (Å²) in [6, 6.07) is 1.02. The molecule has 1 aromatic rings. The van der Waals surface area contributed by atoms with Crippen molar-refractivity contribution in [2.75, 3.05) is 13.6 Å². The van der Waals surface area contributed by atoms with E-state index in [0.717, 1.165) is 23.8 Å². The van der Waals surface area contributed by atoms with Gasteiger partial charge in [0.1, 0.15) is 17.8 Å². The maximum absolute atomic E-state index is 13.4. The van der Waals surface area contributed by atoms with Crippen LogP contribution in [-0.2, 0) is 41.9 Å². The Morgan fingerprint density at radius 2 is 1.55 bits per heavy atom. The zero-order valence-electron chi connectivity index (χ0n) is 22.1. The van der Waals surface area contributed by atoms with E-state index in [1.807, 2.05) is 4.98 Å². The molecule has 3 rings (SSSR count). The number of esters is 2. The summed E-state index contributed by atoms with van der Waals surface area (Å²) in [4.78, 5) is 49.6. The van der Waals surface area contributed by atoms with Crippen LogP contribution in [0.3, 0.4) is 0 Å². The van der Waals surface area contributed by atoms with Crippen molar-refractivity contribution in [3.63, 3.8) is 0 Å². The van der Waals surface area contributed by atoms with Gasteiger partial charge in [0.25, 0.3) is 5.56 Å². The van der Waals surface area contributed by atoms with Crippen molar-refractivity contribution in [2.45, 2.75) is 78.1 Å². The molecule has 2 aliphatic rings. The molecule has 3 N–H and O–H groups in total. The third-order valence-corrected chi connectivity index (χ3v) is 7.30. The Hall–Kier alpha value is -2.39. The molecule has 0 aromatic carbocycles. The van der Waals surface area contributed by atoms with Gasteiger partial charge in [-0.15, -0.1) is 0 Å². The van der Waals surface area contributed by atoms with Gasteiger partial charge in [-0.05, 0) is 48.5 Å². The second kappa shape index (κ2) is 9.97. The van der Waals surface area contributed by atoms with Gasteiger partial charge in [0.2, 0.25) is 13.6 Å². The van der Waals surface area contributed by atoms with Crippen molar-refractivity contribution in [1.82, 2.24) is 9.55 Å². The molecule has 38 heavy (non-hydrogen) atoms. The minimum absolute atomic E-state index is 0.677. The Kier molecular flexibility index (Phi) is 7.91. The van der Waals surface area contributed by atoms with Crippen molar-refractivity contribution in [3.05, 3.63) is 33.1 Å². The number of hydrogen-bond donors (Lipinski definition) is 3. The minimum atomic E-state index is -4.71. The molecule has 2 heterocycles. The lowest BCUT2D eigenvalue weighted by Crippen LogP contribution is -2.51. The van der Waals surface area contributed by atoms with Crippen LogP contribution < -0.4 is 11.2 Å². The van der Waals surface area contributed by atoms with Crippen LogP contribution >= 0.6 is 7.82 Å². The van der Waals surface area contributed by atoms with Gasteiger partial charge in [0.05, 0.1) is 10.8 Å². The van der Waals surface area contributed by atoms with E-state index in [2.05, 4.69) is 0 Å². The summed E-state index contributed by atoms with van der Waals surface area (Å²) >= 11 is 0. The number of carbonyl (C=O) groups excluding carboxylic acids is 2. The van der Waals surface area contributed by atoms with Crippen LogP contribution in [0, 0.1) is 10.8 Å². The lowest BCUT2D eigenvalue weighted by Gasteiger charge is -2.33. The number of aromatic amines is 1. The number of hydrogen-bond acceptors (Lipinski definition) is 13. The Morgan fingerprint density at radius 1 is 1.05 bits per heavy atom. The summed E-state index contributed by atoms with van der Waals surface area (Å²) in [5.41, 5.74) is -7.76. The SMILES string of the molecule is CC(C)(C)C(=O)OCOP(=O)(OCOC(=O)C(C)(C)C)OC1[C@H]2O[C@@H](n3ccc(=O)[nH]c3=O)[C@](C)(O)[C@@]12O. The molecule has 1 saturated heterocycles. The average molecular weight is 564 g/mol. The van der Waals surface area contributed by atoms with Crippen molar-refractivity contribution < 1.29 is 52.1 Å². The molecule has 1 saturated carbocycles. The summed E-state index contributed by atoms with van der Waals surface area (Å²) in [5, 5.41) is 22.2. The highest BCUT2D eigenvalue weighted by Crippen LogP contribution is 2.65. The lowest BCUT2D eigenvalue weighted by molar-refractivity contribution is -0.168. The number of phosphoric acid groups is 1. The van der Waals surface area contributed by atoms with Crippen LogP contribution in [0.4, 0.5) is 0 Å². The Bertz CT molecular complexity index is 1210. The monoisotopic (exact) mass is 564 g/mol. The van der Waals surface area contributed by atoms with Gasteiger partial charge in [-0.3, -0.25) is 28.5 Å². The standard InChI is InChI=1S/C22H33N2O13P/c1-19(2,3)16(26)32-10-34-38(31,35-11-33-17(27)20(4,5)6)37-14-13-22(14,30)21(7,29)15(36-13)24-9-8-12(25)23-18(24)28/h8-9,13-15,29-30H,10-11H2,1-7H3,(H,23,25,28)/t13-,14?,15-,21+,22+/m1/s1. The van der Waals surface area contributed by atoms with E-state index in [4.69, 9.17) is 27.8 Å². The number of nitrogens with one attached hydrogen (secondary N) is 1. The van der Waals surface area contributed by atoms with Gasteiger partial charge in [-0.1, -0.05) is 0 Å². The van der Waals surface area contributed by atoms with E-state index in [0.29, 0.717) is 0 Å². The molecule has 0 bridgehead atoms. The van der Waals surface area contributed by atoms with Gasteiger partial charge >= 0.3 is 25.5 Å². The van der Waals surface area contributed by atoms with Crippen LogP contribution in [0.15, 0.2) is 21.9 Å². The average Bonchev–Trinajstić information content (AvgIpc) is 3.25. The second-order valence-corrected chi connectivity index (χ2v) is 12.9. The first kappa shape index (κ1) is 30.2. The Labute approximate surface area is 217 Å². The molecule has 1 aliphatic carbocycles. The van der Waals surface area contributed by atoms with Crippen molar-refractivity contribution in [1.29, 1.82) is 0 Å². The fourth-order valence-corrected chi connectivity index (χ4v) is 4.69. The largest absolute Gasteiger partial charge is 0.481 e. The number of phosphoric ester groups is 1. The van der Waals surface area contributed by atoms with E-state index in [9.17, 15) is 34.0 Å². The second-order valence-electron chi connectivity index (χ2n) is 11.2. The van der Waals surface area contributed by atoms with E-state index in [1.54, 1.807) is 41.5 Å². The van der Waals surface area contributed by atoms with E-state index in [1.165, 1.54) is 0 Å². The van der Waals surface area contributed by atoms with Crippen LogP contribution in [0.5, 0.6) is 0 Å². The number of aromatic nitrogens is 2. The highest BCUT2D eigenvalue weighted by atomic mass is 31.2. The fourth-order valence-electron chi connectivity index (χ4n) is 3.58. The molecular weight excluding hydrogens is 531 g/mol. The molecule has 2 fully saturated rings. The third-order valence-electron chi connectivity index (χ3n) is 5.97. The van der Waals surface area contributed by atoms with Crippen molar-refractivity contribution >= 4 is 19.8 Å². The molecule has 5 atom stereocenters. The number of aliphatic hydroxyl groups is 2. The lowest BCUT2D eigenvalue weighted by atomic mass is 9.95. The van der Waals surface area contributed by atoms with Crippen LogP contribution in [0.25, 0.3) is 0 Å². The number of ether oxygens (including phenoxy) is 3. The number of fused-ring (bicyclic) bond motifs is 1. The van der Waals surface area contributed by atoms with Crippen LogP contribution in [0.1, 0.15) is 54.7 Å². The van der Waals surface area contributed by atoms with Crippen LogP contribution in [0.2, 0.25) is 0 Å². The molecule has 0 amide bonds. The molecule has 1 aliphatic heterocycles. The van der Waals surface area contributed by atoms with E-state index in [-0.39, 0.29) is 0 Å². The van der Waals surface area contributed by atoms with E-state index >= 15 is 0 Å². The van der Waals surface area contributed by atoms with Gasteiger partial charge in [-0.2, -0.15) is 0 Å². The minimum Gasteiger partial charge on any atom is -0.437 e. The van der Waals surface area contributed by atoms with Gasteiger partial charge in [0.15, 0.2) is 11.8 Å². The molecular formula is C22H33N2O13P. The third kappa shape index (κ3) is 5.78. The quantitative estimate of drug-likeness (QED) is 0.213. The molecule has 16 heteroatoms. The van der Waals surface area contributed by atoms with Crippen molar-refractivity contribution in [3.8, 4) is 0 Å². The molecule has 1 aromatic heterocycles. The number of rotatable bonds is 9. The van der Waals surface area contributed by atoms with Crippen molar-refractivity contribution in [2.24, 2.45) is 10.8 Å². The van der Waals surface area contributed by atoms with Gasteiger partial charge < -0.3 is 24.4 Å². The zero-order valence-corrected chi connectivity index (χ0v) is 23.0. The zero-order chi connectivity index (χ0) is 28.9. The molecule has 0 spiro atoms. The topological polar surface area (TPSA) is 202 Å². The summed E-state index contributed by atoms with van der Waals surface area (Å²) < 4.78 is 45.2. The molecule has 1 unspecified atom stereocenters. The summed E-state index contributed by atoms with van der Waals surface area (Å²) in [6.07, 6.45) is -3.16. The number of carbonyl (C=O) groups is 2. The molecule has 0 radical (unpaired) electrons. The highest BCUT2D eigenvalue weighted by molar-refractivity contribution is 7.48. The Morgan fingerprint density at radius 3 is 1.95 bits per heavy atom. The van der Waals surface area contributed by atoms with Gasteiger partial charge in [-0.25, -0.2) is 18.4 Å².